The highest BCUT2D eigenvalue weighted by Crippen LogP contribution is 2.30. The maximum Gasteiger partial charge on any atom is 0.274 e. The Hall–Kier alpha value is -3.34. The van der Waals surface area contributed by atoms with Gasteiger partial charge in [0, 0.05) is 26.2 Å². The van der Waals surface area contributed by atoms with Gasteiger partial charge in [0.15, 0.2) is 5.82 Å². The van der Waals surface area contributed by atoms with Gasteiger partial charge in [0.2, 0.25) is 0 Å². The molecule has 39 heavy (non-hydrogen) atoms. The zero-order chi connectivity index (χ0) is 27.1. The van der Waals surface area contributed by atoms with E-state index >= 15 is 0 Å². The average molecular weight is 532 g/mol. The Labute approximate surface area is 227 Å². The van der Waals surface area contributed by atoms with Crippen LogP contribution in [0.3, 0.4) is 0 Å². The van der Waals surface area contributed by atoms with Gasteiger partial charge in [-0.05, 0) is 76.9 Å². The van der Waals surface area contributed by atoms with Gasteiger partial charge in [-0.25, -0.2) is 19.3 Å². The molecule has 0 amide bonds. The Morgan fingerprint density at radius 1 is 1.00 bits per heavy atom. The van der Waals surface area contributed by atoms with Crippen molar-refractivity contribution < 1.29 is 9.84 Å². The maximum atomic E-state index is 13.1. The first-order chi connectivity index (χ1) is 18.8. The third-order valence-electron chi connectivity index (χ3n) is 8.18. The number of anilines is 1. The monoisotopic (exact) mass is 531 g/mol. The Balaban J connectivity index is 1.40. The minimum atomic E-state index is -0.636. The van der Waals surface area contributed by atoms with Crippen LogP contribution in [0.1, 0.15) is 39.3 Å². The molecule has 0 aliphatic carbocycles. The number of hydrogen-bond acceptors (Lipinski definition) is 8. The lowest BCUT2D eigenvalue weighted by atomic mass is 9.83. The molecule has 2 aliphatic rings. The molecule has 0 atom stereocenters. The topological polar surface area (TPSA) is 102 Å². The normalized spacial score (nSPS) is 17.9. The van der Waals surface area contributed by atoms with Crippen molar-refractivity contribution in [2.24, 2.45) is 5.92 Å². The molecule has 0 saturated carbocycles. The summed E-state index contributed by atoms with van der Waals surface area (Å²) in [6.45, 7) is 11.6. The third kappa shape index (κ3) is 4.92. The number of hydrogen-bond donors (Lipinski definition) is 1. The first-order valence-electron chi connectivity index (χ1n) is 14.0. The van der Waals surface area contributed by atoms with Gasteiger partial charge in [0.1, 0.15) is 5.52 Å². The summed E-state index contributed by atoms with van der Waals surface area (Å²) in [5.41, 5.74) is 2.60. The van der Waals surface area contributed by atoms with E-state index in [0.717, 1.165) is 73.6 Å². The van der Waals surface area contributed by atoms with E-state index < -0.39 is 5.60 Å². The molecule has 6 rings (SSSR count). The summed E-state index contributed by atoms with van der Waals surface area (Å²) < 4.78 is 9.15. The lowest BCUT2D eigenvalue weighted by Crippen LogP contribution is -2.41. The summed E-state index contributed by atoms with van der Waals surface area (Å²) in [5.74, 6) is 1.56. The molecule has 2 aliphatic heterocycles. The number of ether oxygens (including phenoxy) is 1. The van der Waals surface area contributed by atoms with Gasteiger partial charge in [-0.2, -0.15) is 4.98 Å². The lowest BCUT2D eigenvalue weighted by Gasteiger charge is -2.37. The molecule has 2 fully saturated rings. The van der Waals surface area contributed by atoms with Crippen LogP contribution in [0.25, 0.3) is 27.9 Å². The number of rotatable bonds is 6. The van der Waals surface area contributed by atoms with Crippen LogP contribution in [0.2, 0.25) is 0 Å². The molecule has 10 heteroatoms. The molecule has 0 bridgehead atoms. The van der Waals surface area contributed by atoms with Crippen LogP contribution in [0.15, 0.2) is 41.2 Å². The number of likely N-dealkylation sites (tertiary alicyclic amines) is 1. The summed E-state index contributed by atoms with van der Waals surface area (Å²) in [6, 6.07) is 11.7. The molecule has 3 aromatic heterocycles. The van der Waals surface area contributed by atoms with E-state index in [9.17, 15) is 9.90 Å². The Kier molecular flexibility index (Phi) is 6.86. The van der Waals surface area contributed by atoms with Crippen molar-refractivity contribution in [3.05, 3.63) is 52.4 Å². The quantitative estimate of drug-likeness (QED) is 0.405. The molecule has 1 aromatic carbocycles. The molecular formula is C29H37N7O3. The maximum absolute atomic E-state index is 13.1. The van der Waals surface area contributed by atoms with Gasteiger partial charge >= 0.3 is 0 Å². The number of aliphatic hydroxyl groups is 1. The van der Waals surface area contributed by atoms with E-state index in [1.165, 1.54) is 0 Å². The minimum Gasteiger partial charge on any atom is -0.390 e. The van der Waals surface area contributed by atoms with Crippen molar-refractivity contribution >= 4 is 27.8 Å². The Bertz CT molecular complexity index is 1540. The molecule has 206 valence electrons. The van der Waals surface area contributed by atoms with Crippen molar-refractivity contribution in [3.63, 3.8) is 0 Å². The third-order valence-corrected chi connectivity index (χ3v) is 8.18. The largest absolute Gasteiger partial charge is 0.390 e. The predicted octanol–water partition coefficient (Wildman–Crippen LogP) is 2.97. The van der Waals surface area contributed by atoms with Crippen LogP contribution < -0.4 is 10.5 Å². The van der Waals surface area contributed by atoms with Crippen molar-refractivity contribution in [2.45, 2.75) is 52.3 Å². The summed E-state index contributed by atoms with van der Waals surface area (Å²) in [7, 11) is 0. The minimum absolute atomic E-state index is 0.0495. The fraction of sp³-hybridized carbons (Fsp3) is 0.517. The van der Waals surface area contributed by atoms with Crippen LogP contribution in [0.4, 0.5) is 5.82 Å². The highest BCUT2D eigenvalue weighted by atomic mass is 16.5. The number of para-hydroxylation sites is 1. The van der Waals surface area contributed by atoms with E-state index in [4.69, 9.17) is 19.7 Å². The molecule has 0 unspecified atom stereocenters. The Morgan fingerprint density at radius 3 is 2.46 bits per heavy atom. The van der Waals surface area contributed by atoms with Crippen molar-refractivity contribution in [3.8, 4) is 5.95 Å². The van der Waals surface area contributed by atoms with Gasteiger partial charge < -0.3 is 14.7 Å². The number of nitrogens with zero attached hydrogens (tertiary/aromatic N) is 7. The first-order valence-corrected chi connectivity index (χ1v) is 14.0. The summed E-state index contributed by atoms with van der Waals surface area (Å²) >= 11 is 0. The first kappa shape index (κ1) is 25.9. The van der Waals surface area contributed by atoms with Crippen LogP contribution in [-0.2, 0) is 17.8 Å². The van der Waals surface area contributed by atoms with E-state index in [0.29, 0.717) is 37.0 Å². The van der Waals surface area contributed by atoms with Gasteiger partial charge in [-0.1, -0.05) is 12.1 Å². The number of pyridine rings is 1. The highest BCUT2D eigenvalue weighted by Gasteiger charge is 2.30. The second-order valence-corrected chi connectivity index (χ2v) is 11.2. The van der Waals surface area contributed by atoms with E-state index in [1.807, 2.05) is 61.9 Å². The lowest BCUT2D eigenvalue weighted by molar-refractivity contribution is -0.0137. The van der Waals surface area contributed by atoms with Crippen LogP contribution >= 0.6 is 0 Å². The molecule has 4 aromatic rings. The number of fused-ring (bicyclic) bond motifs is 2. The van der Waals surface area contributed by atoms with E-state index in [-0.39, 0.29) is 5.56 Å². The number of aromatic nitrogens is 5. The smallest absolute Gasteiger partial charge is 0.274 e. The van der Waals surface area contributed by atoms with Gasteiger partial charge in [-0.15, -0.1) is 0 Å². The second-order valence-electron chi connectivity index (χ2n) is 11.2. The summed E-state index contributed by atoms with van der Waals surface area (Å²) in [5, 5.41) is 11.1. The number of piperidine rings is 1. The summed E-state index contributed by atoms with van der Waals surface area (Å²) in [6.07, 6.45) is 1.96. The molecule has 0 spiro atoms. The molecule has 5 heterocycles. The zero-order valence-electron chi connectivity index (χ0n) is 23.0. The van der Waals surface area contributed by atoms with E-state index in [2.05, 4.69) is 9.80 Å². The summed E-state index contributed by atoms with van der Waals surface area (Å²) in [4.78, 5) is 32.8. The zero-order valence-corrected chi connectivity index (χ0v) is 23.0. The van der Waals surface area contributed by atoms with Gasteiger partial charge in [0.25, 0.3) is 11.5 Å². The van der Waals surface area contributed by atoms with Crippen LogP contribution in [0.5, 0.6) is 0 Å². The van der Waals surface area contributed by atoms with Crippen LogP contribution in [0, 0.1) is 5.92 Å². The van der Waals surface area contributed by atoms with Crippen molar-refractivity contribution in [2.75, 3.05) is 44.3 Å². The van der Waals surface area contributed by atoms with Crippen molar-refractivity contribution in [1.29, 1.82) is 0 Å². The molecule has 2 saturated heterocycles. The van der Waals surface area contributed by atoms with Crippen LogP contribution in [-0.4, -0.2) is 79.3 Å². The standard InChI is InChI=1S/C29H37N7O3/c1-4-35-27(37)22-7-5-6-8-24(22)36(35)28-31-23-10-9-21(19-33-13-11-20(12-14-33)29(2,3)38)30-25(23)26(32-28)34-15-17-39-18-16-34/h5-10,20,38H,4,11-19H2,1-3H3. The Morgan fingerprint density at radius 2 is 1.74 bits per heavy atom. The SMILES string of the molecule is CCn1c(=O)c2ccccc2n1-c1nc(N2CCOCC2)c2nc(CN3CCC(C(C)(C)O)CC3)ccc2n1. The van der Waals surface area contributed by atoms with E-state index in [1.54, 1.807) is 4.68 Å². The predicted molar refractivity (Wildman–Crippen MR) is 151 cm³/mol. The molecule has 0 radical (unpaired) electrons. The highest BCUT2D eigenvalue weighted by molar-refractivity contribution is 5.87. The van der Waals surface area contributed by atoms with Gasteiger partial charge in [-0.3, -0.25) is 9.69 Å². The molecule has 10 nitrogen and oxygen atoms in total. The average Bonchev–Trinajstić information content (AvgIpc) is 3.24. The van der Waals surface area contributed by atoms with Gasteiger partial charge in [0.05, 0.1) is 40.9 Å². The fourth-order valence-corrected chi connectivity index (χ4v) is 5.93. The fourth-order valence-electron chi connectivity index (χ4n) is 5.93. The van der Waals surface area contributed by atoms with Crippen molar-refractivity contribution in [1.82, 2.24) is 29.2 Å². The molecular weight excluding hydrogens is 494 g/mol. The molecule has 1 N–H and O–H groups in total. The second kappa shape index (κ2) is 10.3. The number of morpholine rings is 1. The number of benzene rings is 1.